The molecule has 2 aliphatic heterocycles. The van der Waals surface area contributed by atoms with E-state index in [4.69, 9.17) is 4.74 Å². The second kappa shape index (κ2) is 5.22. The number of hydrogen-bond donors (Lipinski definition) is 0. The van der Waals surface area contributed by atoms with Crippen molar-refractivity contribution in [2.24, 2.45) is 0 Å². The van der Waals surface area contributed by atoms with Gasteiger partial charge in [0.15, 0.2) is 0 Å². The summed E-state index contributed by atoms with van der Waals surface area (Å²) in [6.45, 7) is 6.08. The van der Waals surface area contributed by atoms with Gasteiger partial charge in [-0.25, -0.2) is 4.79 Å². The fourth-order valence-corrected chi connectivity index (χ4v) is 2.52. The van der Waals surface area contributed by atoms with Crippen LogP contribution in [0.1, 0.15) is 33.6 Å². The molecule has 2 aliphatic rings. The third kappa shape index (κ3) is 3.41. The van der Waals surface area contributed by atoms with Crippen LogP contribution in [0.4, 0.5) is 13.6 Å². The molecular weight excluding hydrogens is 266 g/mol. The zero-order valence-electron chi connectivity index (χ0n) is 12.3. The van der Waals surface area contributed by atoms with E-state index >= 15 is 0 Å². The number of ether oxygens (including phenoxy) is 1. The van der Waals surface area contributed by atoms with E-state index in [0.29, 0.717) is 13.1 Å². The van der Waals surface area contributed by atoms with Crippen LogP contribution in [0.25, 0.3) is 0 Å². The van der Waals surface area contributed by atoms with E-state index in [0.717, 1.165) is 17.7 Å². The van der Waals surface area contributed by atoms with E-state index in [9.17, 15) is 13.6 Å². The van der Waals surface area contributed by atoms with Gasteiger partial charge in [-0.2, -0.15) is 8.78 Å². The van der Waals surface area contributed by atoms with Crippen molar-refractivity contribution in [2.45, 2.75) is 45.1 Å². The summed E-state index contributed by atoms with van der Waals surface area (Å²) >= 11 is 0. The maximum absolute atomic E-state index is 14.2. The van der Waals surface area contributed by atoms with Crippen LogP contribution >= 0.6 is 0 Å². The first-order chi connectivity index (χ1) is 9.19. The van der Waals surface area contributed by atoms with E-state index in [2.05, 4.69) is 0 Å². The molecule has 0 aliphatic carbocycles. The van der Waals surface area contributed by atoms with Crippen molar-refractivity contribution in [3.05, 3.63) is 11.8 Å². The van der Waals surface area contributed by atoms with Crippen LogP contribution in [0.15, 0.2) is 11.8 Å². The molecule has 1 saturated heterocycles. The molecule has 1 fully saturated rings. The topological polar surface area (TPSA) is 32.8 Å². The summed E-state index contributed by atoms with van der Waals surface area (Å²) in [4.78, 5) is 14.6. The fourth-order valence-electron chi connectivity index (χ4n) is 2.52. The second-order valence-electron chi connectivity index (χ2n) is 6.35. The first-order valence-electron chi connectivity index (χ1n) is 7.00. The lowest BCUT2D eigenvalue weighted by Crippen LogP contribution is -2.50. The zero-order chi connectivity index (χ0) is 15.0. The normalized spacial score (nSPS) is 22.8. The molecule has 0 aromatic carbocycles. The monoisotopic (exact) mass is 288 g/mol. The second-order valence-corrected chi connectivity index (χ2v) is 6.35. The predicted octanol–water partition coefficient (Wildman–Crippen LogP) is 2.85. The molecule has 0 N–H and O–H groups in total. The largest absolute Gasteiger partial charge is 0.444 e. The molecule has 0 unspecified atom stereocenters. The Kier molecular flexibility index (Phi) is 3.93. The first kappa shape index (κ1) is 15.1. The van der Waals surface area contributed by atoms with Gasteiger partial charge in [0.05, 0.1) is 12.2 Å². The average Bonchev–Trinajstić information content (AvgIpc) is 2.78. The van der Waals surface area contributed by atoms with Gasteiger partial charge in [-0.3, -0.25) is 4.90 Å². The Morgan fingerprint density at radius 1 is 1.30 bits per heavy atom. The van der Waals surface area contributed by atoms with Gasteiger partial charge in [-0.15, -0.1) is 0 Å². The minimum atomic E-state index is -3.00. The minimum Gasteiger partial charge on any atom is -0.444 e. The lowest BCUT2D eigenvalue weighted by Gasteiger charge is -2.37. The Hall–Kier alpha value is -1.33. The summed E-state index contributed by atoms with van der Waals surface area (Å²) in [7, 11) is 0. The van der Waals surface area contributed by atoms with Gasteiger partial charge >= 0.3 is 12.0 Å². The summed E-state index contributed by atoms with van der Waals surface area (Å²) < 4.78 is 33.6. The number of nitrogens with zero attached hydrogens (tertiary/aromatic N) is 2. The maximum atomic E-state index is 14.2. The van der Waals surface area contributed by atoms with Crippen molar-refractivity contribution < 1.29 is 18.3 Å². The Morgan fingerprint density at radius 2 is 1.90 bits per heavy atom. The number of likely N-dealkylation sites (tertiary alicyclic amines) is 1. The van der Waals surface area contributed by atoms with Crippen LogP contribution in [0.5, 0.6) is 0 Å². The Labute approximate surface area is 118 Å². The molecule has 0 spiro atoms. The molecule has 114 valence electrons. The van der Waals surface area contributed by atoms with E-state index in [1.54, 1.807) is 25.7 Å². The number of amides is 1. The molecule has 4 nitrogen and oxygen atoms in total. The highest BCUT2D eigenvalue weighted by Crippen LogP contribution is 2.33. The smallest absolute Gasteiger partial charge is 0.410 e. The number of alkyl halides is 2. The predicted molar refractivity (Wildman–Crippen MR) is 71.6 cm³/mol. The van der Waals surface area contributed by atoms with Crippen molar-refractivity contribution in [2.75, 3.05) is 26.2 Å². The van der Waals surface area contributed by atoms with E-state index in [1.807, 2.05) is 0 Å². The summed E-state index contributed by atoms with van der Waals surface area (Å²) in [5.74, 6) is -3.00. The lowest BCUT2D eigenvalue weighted by atomic mass is 10.1. The Morgan fingerprint density at radius 3 is 2.40 bits per heavy atom. The van der Waals surface area contributed by atoms with Crippen molar-refractivity contribution >= 4 is 6.09 Å². The van der Waals surface area contributed by atoms with Gasteiger partial charge in [-0.05, 0) is 39.7 Å². The van der Waals surface area contributed by atoms with Crippen LogP contribution in [-0.2, 0) is 4.74 Å². The first-order valence-corrected chi connectivity index (χ1v) is 7.00. The lowest BCUT2D eigenvalue weighted by molar-refractivity contribution is -0.0378. The third-order valence-corrected chi connectivity index (χ3v) is 3.37. The molecular formula is C14H22F2N2O2. The molecule has 0 aromatic heterocycles. The highest BCUT2D eigenvalue weighted by molar-refractivity contribution is 5.69. The Bertz CT molecular complexity index is 410. The molecule has 0 bridgehead atoms. The van der Waals surface area contributed by atoms with Crippen LogP contribution in [-0.4, -0.2) is 53.6 Å². The number of carbonyl (C=O) groups is 1. The third-order valence-electron chi connectivity index (χ3n) is 3.37. The van der Waals surface area contributed by atoms with Crippen molar-refractivity contribution in [1.29, 1.82) is 0 Å². The molecule has 0 atom stereocenters. The zero-order valence-corrected chi connectivity index (χ0v) is 12.3. The number of halogens is 2. The number of hydrogen-bond acceptors (Lipinski definition) is 3. The minimum absolute atomic E-state index is 0.0646. The van der Waals surface area contributed by atoms with E-state index in [1.165, 1.54) is 6.08 Å². The van der Waals surface area contributed by atoms with Crippen LogP contribution in [0, 0.1) is 0 Å². The molecule has 20 heavy (non-hydrogen) atoms. The standard InChI is InChI=1S/C14H22F2N2O2/c1-13(2,3)20-12(19)18-9-6-11(14(15,16)10-18)17-7-4-5-8-17/h6H,4-5,7-10H2,1-3H3. The molecule has 0 saturated carbocycles. The van der Waals surface area contributed by atoms with Crippen molar-refractivity contribution in [3.8, 4) is 0 Å². The van der Waals surface area contributed by atoms with E-state index < -0.39 is 24.2 Å². The van der Waals surface area contributed by atoms with Gasteiger partial charge in [0.1, 0.15) is 5.60 Å². The van der Waals surface area contributed by atoms with Gasteiger partial charge < -0.3 is 9.64 Å². The SMILES string of the molecule is CC(C)(C)OC(=O)N1CC=C(N2CCCC2)C(F)(F)C1. The highest BCUT2D eigenvalue weighted by atomic mass is 19.3. The van der Waals surface area contributed by atoms with Crippen molar-refractivity contribution in [1.82, 2.24) is 9.80 Å². The van der Waals surface area contributed by atoms with Gasteiger partial charge in [0.2, 0.25) is 0 Å². The summed E-state index contributed by atoms with van der Waals surface area (Å²) in [5, 5.41) is 0. The molecule has 0 radical (unpaired) electrons. The maximum Gasteiger partial charge on any atom is 0.410 e. The molecule has 1 amide bonds. The molecule has 6 heteroatoms. The Balaban J connectivity index is 2.06. The van der Waals surface area contributed by atoms with Gasteiger partial charge in [0.25, 0.3) is 0 Å². The number of carbonyl (C=O) groups excluding carboxylic acids is 1. The van der Waals surface area contributed by atoms with E-state index in [-0.39, 0.29) is 12.2 Å². The van der Waals surface area contributed by atoms with Crippen LogP contribution < -0.4 is 0 Å². The fraction of sp³-hybridized carbons (Fsp3) is 0.786. The average molecular weight is 288 g/mol. The highest BCUT2D eigenvalue weighted by Gasteiger charge is 2.44. The van der Waals surface area contributed by atoms with Crippen molar-refractivity contribution in [3.63, 3.8) is 0 Å². The summed E-state index contributed by atoms with van der Waals surface area (Å²) in [5.41, 5.74) is -0.611. The quantitative estimate of drug-likeness (QED) is 0.744. The van der Waals surface area contributed by atoms with Gasteiger partial charge in [0, 0.05) is 19.6 Å². The molecule has 2 rings (SSSR count). The molecule has 0 aromatic rings. The summed E-state index contributed by atoms with van der Waals surface area (Å²) in [6, 6.07) is 0. The number of rotatable bonds is 1. The summed E-state index contributed by atoms with van der Waals surface area (Å²) in [6.07, 6.45) is 2.67. The van der Waals surface area contributed by atoms with Crippen LogP contribution in [0.2, 0.25) is 0 Å². The van der Waals surface area contributed by atoms with Gasteiger partial charge in [-0.1, -0.05) is 0 Å². The molecule has 2 heterocycles. The van der Waals surface area contributed by atoms with Crippen LogP contribution in [0.3, 0.4) is 0 Å².